The van der Waals surface area contributed by atoms with Crippen molar-refractivity contribution in [1.82, 2.24) is 9.80 Å². The number of benzene rings is 3. The van der Waals surface area contributed by atoms with Crippen molar-refractivity contribution in [3.05, 3.63) is 87.5 Å². The molecule has 0 bridgehead atoms. The van der Waals surface area contributed by atoms with Crippen molar-refractivity contribution < 1.29 is 28.6 Å². The van der Waals surface area contributed by atoms with Crippen LogP contribution in [0.1, 0.15) is 58.2 Å². The van der Waals surface area contributed by atoms with Crippen molar-refractivity contribution in [2.24, 2.45) is 0 Å². The highest BCUT2D eigenvalue weighted by Crippen LogP contribution is 2.40. The lowest BCUT2D eigenvalue weighted by Gasteiger charge is -2.39. The van der Waals surface area contributed by atoms with Gasteiger partial charge in [0.25, 0.3) is 5.91 Å². The number of halogens is 2. The van der Waals surface area contributed by atoms with E-state index in [1.165, 1.54) is 17.9 Å². The monoisotopic (exact) mass is 622 g/mol. The second-order valence-electron chi connectivity index (χ2n) is 10.8. The molecule has 1 fully saturated rings. The zero-order valence-corrected chi connectivity index (χ0v) is 25.7. The Hall–Kier alpha value is -3.95. The van der Waals surface area contributed by atoms with Crippen molar-refractivity contribution in [2.75, 3.05) is 14.2 Å². The Labute approximate surface area is 258 Å². The fourth-order valence-electron chi connectivity index (χ4n) is 5.80. The van der Waals surface area contributed by atoms with E-state index in [-0.39, 0.29) is 45.6 Å². The number of fused-ring (bicyclic) bond motifs is 1. The Balaban J connectivity index is 1.53. The molecular formula is C33H32ClFN2O5S. The average Bonchev–Trinajstić information content (AvgIpc) is 3.36. The minimum atomic E-state index is -0.981. The smallest absolute Gasteiger partial charge is 0.407 e. The molecule has 1 N–H and O–H groups in total. The summed E-state index contributed by atoms with van der Waals surface area (Å²) in [5.74, 6) is -0.236. The van der Waals surface area contributed by atoms with Gasteiger partial charge in [-0.2, -0.15) is 0 Å². The highest BCUT2D eigenvalue weighted by Gasteiger charge is 2.34. The second kappa shape index (κ2) is 12.7. The number of hydrogen-bond acceptors (Lipinski definition) is 5. The molecule has 0 atom stereocenters. The van der Waals surface area contributed by atoms with Crippen molar-refractivity contribution in [1.29, 1.82) is 0 Å². The Morgan fingerprint density at radius 1 is 1.00 bits per heavy atom. The summed E-state index contributed by atoms with van der Waals surface area (Å²) in [6, 6.07) is 17.4. The summed E-state index contributed by atoms with van der Waals surface area (Å²) in [5, 5.41) is 9.80. The number of Topliss-reactive ketones (excluding diaryl/α,β-unsaturated/α-hetero) is 1. The van der Waals surface area contributed by atoms with Crippen LogP contribution in [0.15, 0.2) is 60.7 Å². The summed E-state index contributed by atoms with van der Waals surface area (Å²) in [4.78, 5) is 41.2. The van der Waals surface area contributed by atoms with Gasteiger partial charge in [0.15, 0.2) is 5.78 Å². The van der Waals surface area contributed by atoms with E-state index in [1.807, 2.05) is 36.4 Å². The highest BCUT2D eigenvalue weighted by molar-refractivity contribution is 7.21. The molecule has 0 aliphatic heterocycles. The third-order valence-corrected chi connectivity index (χ3v) is 9.87. The molecule has 10 heteroatoms. The van der Waals surface area contributed by atoms with E-state index in [0.29, 0.717) is 41.7 Å². The van der Waals surface area contributed by atoms with Crippen LogP contribution < -0.4 is 4.74 Å². The molecule has 3 aromatic carbocycles. The Morgan fingerprint density at radius 2 is 1.67 bits per heavy atom. The van der Waals surface area contributed by atoms with Crippen LogP contribution in [0.4, 0.5) is 9.18 Å². The number of thiophene rings is 1. The number of carboxylic acid groups (broad SMARTS) is 1. The van der Waals surface area contributed by atoms with Crippen LogP contribution >= 0.6 is 22.9 Å². The SMILES string of the molecule is COc1ccc(-c2cccc(C(C)=O)c2)cc1CN(C(=O)c1sc2cccc(F)c2c1Cl)C1CCC(N(C)C(=O)O)CC1. The maximum absolute atomic E-state index is 14.7. The quantitative estimate of drug-likeness (QED) is 0.200. The molecule has 0 radical (unpaired) electrons. The van der Waals surface area contributed by atoms with Crippen LogP contribution in [0.5, 0.6) is 5.75 Å². The number of methoxy groups -OCH3 is 1. The first-order valence-corrected chi connectivity index (χ1v) is 15.2. The lowest BCUT2D eigenvalue weighted by Crippen LogP contribution is -2.46. The number of ether oxygens (including phenoxy) is 1. The molecule has 1 aliphatic rings. The summed E-state index contributed by atoms with van der Waals surface area (Å²) in [6.07, 6.45) is 1.40. The molecule has 0 saturated heterocycles. The lowest BCUT2D eigenvalue weighted by molar-refractivity contribution is 0.0555. The summed E-state index contributed by atoms with van der Waals surface area (Å²) in [5.41, 5.74) is 3.07. The van der Waals surface area contributed by atoms with Gasteiger partial charge in [-0.1, -0.05) is 41.9 Å². The minimum absolute atomic E-state index is 0.0341. The molecule has 1 heterocycles. The lowest BCUT2D eigenvalue weighted by atomic mass is 9.89. The molecule has 0 unspecified atom stereocenters. The fraction of sp³-hybridized carbons (Fsp3) is 0.303. The normalized spacial score (nSPS) is 16.6. The largest absolute Gasteiger partial charge is 0.496 e. The van der Waals surface area contributed by atoms with E-state index in [4.69, 9.17) is 16.3 Å². The summed E-state index contributed by atoms with van der Waals surface area (Å²) < 4.78 is 21.0. The van der Waals surface area contributed by atoms with Crippen LogP contribution in [0, 0.1) is 5.82 Å². The van der Waals surface area contributed by atoms with Gasteiger partial charge in [-0.15, -0.1) is 11.3 Å². The van der Waals surface area contributed by atoms with Crippen LogP contribution in [-0.2, 0) is 6.54 Å². The third kappa shape index (κ3) is 6.24. The zero-order chi connectivity index (χ0) is 30.8. The van der Waals surface area contributed by atoms with E-state index in [2.05, 4.69) is 0 Å². The van der Waals surface area contributed by atoms with Gasteiger partial charge in [-0.05, 0) is 74.1 Å². The molecule has 43 heavy (non-hydrogen) atoms. The molecule has 1 saturated carbocycles. The van der Waals surface area contributed by atoms with Crippen LogP contribution in [0.3, 0.4) is 0 Å². The molecular weight excluding hydrogens is 591 g/mol. The van der Waals surface area contributed by atoms with Crippen LogP contribution in [0.25, 0.3) is 21.2 Å². The van der Waals surface area contributed by atoms with Gasteiger partial charge in [0, 0.05) is 46.9 Å². The van der Waals surface area contributed by atoms with Crippen molar-refractivity contribution in [3.8, 4) is 16.9 Å². The molecule has 224 valence electrons. The molecule has 0 spiro atoms. The number of carbonyl (C=O) groups is 3. The highest BCUT2D eigenvalue weighted by atomic mass is 35.5. The maximum Gasteiger partial charge on any atom is 0.407 e. The topological polar surface area (TPSA) is 87.2 Å². The molecule has 5 rings (SSSR count). The second-order valence-corrected chi connectivity index (χ2v) is 12.2. The molecule has 4 aromatic rings. The third-order valence-electron chi connectivity index (χ3n) is 8.24. The fourth-order valence-corrected chi connectivity index (χ4v) is 7.31. The summed E-state index contributed by atoms with van der Waals surface area (Å²) in [6.45, 7) is 1.72. The first-order valence-electron chi connectivity index (χ1n) is 14.0. The van der Waals surface area contributed by atoms with E-state index in [9.17, 15) is 23.9 Å². The number of hydrogen-bond donors (Lipinski definition) is 1. The van der Waals surface area contributed by atoms with E-state index in [0.717, 1.165) is 28.0 Å². The zero-order valence-electron chi connectivity index (χ0n) is 24.1. The molecule has 1 aromatic heterocycles. The predicted octanol–water partition coefficient (Wildman–Crippen LogP) is 8.14. The Bertz CT molecular complexity index is 1700. The molecule has 2 amide bonds. The van der Waals surface area contributed by atoms with Crippen LogP contribution in [-0.4, -0.2) is 58.9 Å². The van der Waals surface area contributed by atoms with Crippen molar-refractivity contribution in [2.45, 2.75) is 51.2 Å². The number of amides is 2. The standard InChI is InChI=1S/C33H32ClFN2O5S/c1-19(38)20-6-4-7-21(16-20)22-10-15-27(42-3)23(17-22)18-37(25-13-11-24(12-14-25)36(2)33(40)41)32(39)31-30(34)29-26(35)8-5-9-28(29)43-31/h4-10,15-17,24-25H,11-14,18H2,1-3H3,(H,40,41). The first-order chi connectivity index (χ1) is 20.6. The van der Waals surface area contributed by atoms with Gasteiger partial charge in [0.05, 0.1) is 12.1 Å². The summed E-state index contributed by atoms with van der Waals surface area (Å²) in [7, 11) is 3.14. The Morgan fingerprint density at radius 3 is 2.33 bits per heavy atom. The van der Waals surface area contributed by atoms with E-state index >= 15 is 0 Å². The Kier molecular flexibility index (Phi) is 9.03. The van der Waals surface area contributed by atoms with Crippen LogP contribution in [0.2, 0.25) is 5.02 Å². The molecule has 1 aliphatic carbocycles. The number of nitrogens with zero attached hydrogens (tertiary/aromatic N) is 2. The first kappa shape index (κ1) is 30.5. The van der Waals surface area contributed by atoms with Gasteiger partial charge >= 0.3 is 6.09 Å². The maximum atomic E-state index is 14.7. The molecule has 7 nitrogen and oxygen atoms in total. The summed E-state index contributed by atoms with van der Waals surface area (Å²) >= 11 is 7.81. The minimum Gasteiger partial charge on any atom is -0.496 e. The van der Waals surface area contributed by atoms with E-state index < -0.39 is 11.9 Å². The van der Waals surface area contributed by atoms with Gasteiger partial charge in [0.2, 0.25) is 0 Å². The van der Waals surface area contributed by atoms with Gasteiger partial charge in [-0.25, -0.2) is 9.18 Å². The van der Waals surface area contributed by atoms with E-state index in [1.54, 1.807) is 37.3 Å². The van der Waals surface area contributed by atoms with Crippen molar-refractivity contribution in [3.63, 3.8) is 0 Å². The number of rotatable bonds is 8. The predicted molar refractivity (Wildman–Crippen MR) is 167 cm³/mol. The number of carbonyl (C=O) groups excluding carboxylic acids is 2. The van der Waals surface area contributed by atoms with Gasteiger partial charge in [-0.3, -0.25) is 9.59 Å². The van der Waals surface area contributed by atoms with Gasteiger partial charge in [0.1, 0.15) is 16.4 Å². The van der Waals surface area contributed by atoms with Gasteiger partial charge < -0.3 is 19.6 Å². The van der Waals surface area contributed by atoms with Crippen molar-refractivity contribution >= 4 is 50.8 Å². The number of ketones is 1. The average molecular weight is 623 g/mol.